The summed E-state index contributed by atoms with van der Waals surface area (Å²) >= 11 is 1.89. The van der Waals surface area contributed by atoms with Gasteiger partial charge in [-0.1, -0.05) is 36.8 Å². The predicted octanol–water partition coefficient (Wildman–Crippen LogP) is 4.65. The highest BCUT2D eigenvalue weighted by Crippen LogP contribution is 2.37. The molecule has 1 saturated carbocycles. The first-order valence-corrected chi connectivity index (χ1v) is 8.49. The van der Waals surface area contributed by atoms with Gasteiger partial charge >= 0.3 is 0 Å². The molecular formula is C18H23NS. The lowest BCUT2D eigenvalue weighted by Crippen LogP contribution is -2.39. The third kappa shape index (κ3) is 2.97. The van der Waals surface area contributed by atoms with Gasteiger partial charge in [0, 0.05) is 17.5 Å². The molecule has 106 valence electrons. The van der Waals surface area contributed by atoms with Gasteiger partial charge in [-0.15, -0.1) is 11.3 Å². The molecule has 0 atom stereocenters. The maximum Gasteiger partial charge on any atom is 0.0305 e. The van der Waals surface area contributed by atoms with Crippen LogP contribution >= 0.6 is 11.3 Å². The van der Waals surface area contributed by atoms with Gasteiger partial charge in [-0.05, 0) is 54.7 Å². The molecule has 1 aliphatic rings. The van der Waals surface area contributed by atoms with Crippen LogP contribution in [0.2, 0.25) is 0 Å². The topological polar surface area (TPSA) is 12.0 Å². The Balaban J connectivity index is 1.48. The summed E-state index contributed by atoms with van der Waals surface area (Å²) < 4.78 is 0. The quantitative estimate of drug-likeness (QED) is 0.843. The summed E-state index contributed by atoms with van der Waals surface area (Å²) in [5.41, 5.74) is 4.38. The molecule has 1 fully saturated rings. The average Bonchev–Trinajstić information content (AvgIpc) is 2.86. The van der Waals surface area contributed by atoms with Crippen LogP contribution in [0.15, 0.2) is 35.7 Å². The van der Waals surface area contributed by atoms with Crippen molar-refractivity contribution in [1.29, 1.82) is 0 Å². The lowest BCUT2D eigenvalue weighted by Gasteiger charge is -2.36. The van der Waals surface area contributed by atoms with Crippen molar-refractivity contribution in [3.05, 3.63) is 57.3 Å². The van der Waals surface area contributed by atoms with Crippen molar-refractivity contribution in [3.63, 3.8) is 0 Å². The summed E-state index contributed by atoms with van der Waals surface area (Å²) in [4.78, 5) is 1.52. The second kappa shape index (κ2) is 6.11. The highest BCUT2D eigenvalue weighted by Gasteiger charge is 2.29. The third-order valence-corrected chi connectivity index (χ3v) is 5.42. The summed E-state index contributed by atoms with van der Waals surface area (Å²) in [6, 6.07) is 12.0. The van der Waals surface area contributed by atoms with Gasteiger partial charge in [0.1, 0.15) is 0 Å². The summed E-state index contributed by atoms with van der Waals surface area (Å²) in [6.07, 6.45) is 3.73. The van der Waals surface area contributed by atoms with Crippen molar-refractivity contribution in [2.24, 2.45) is 0 Å². The Morgan fingerprint density at radius 3 is 2.60 bits per heavy atom. The molecule has 1 nitrogen and oxygen atoms in total. The van der Waals surface area contributed by atoms with E-state index in [-0.39, 0.29) is 0 Å². The smallest absolute Gasteiger partial charge is 0.0305 e. The second-order valence-corrected chi connectivity index (χ2v) is 6.88. The van der Waals surface area contributed by atoms with Crippen molar-refractivity contribution < 1.29 is 0 Å². The van der Waals surface area contributed by atoms with E-state index in [4.69, 9.17) is 0 Å². The zero-order valence-electron chi connectivity index (χ0n) is 12.4. The average molecular weight is 285 g/mol. The van der Waals surface area contributed by atoms with Gasteiger partial charge in [0.25, 0.3) is 0 Å². The Hall–Kier alpha value is -1.12. The highest BCUT2D eigenvalue weighted by molar-refractivity contribution is 7.10. The van der Waals surface area contributed by atoms with Crippen LogP contribution in [0.25, 0.3) is 0 Å². The molecule has 1 aliphatic carbocycles. The summed E-state index contributed by atoms with van der Waals surface area (Å²) in [7, 11) is 0. The molecule has 1 heterocycles. The van der Waals surface area contributed by atoms with E-state index < -0.39 is 0 Å². The van der Waals surface area contributed by atoms with E-state index in [1.807, 2.05) is 11.3 Å². The molecule has 2 heteroatoms. The second-order valence-electron chi connectivity index (χ2n) is 5.88. The Morgan fingerprint density at radius 1 is 1.15 bits per heavy atom. The van der Waals surface area contributed by atoms with Crippen LogP contribution in [0.5, 0.6) is 0 Å². The van der Waals surface area contributed by atoms with Crippen LogP contribution in [-0.2, 0) is 13.0 Å². The fourth-order valence-corrected chi connectivity index (χ4v) is 3.90. The zero-order valence-corrected chi connectivity index (χ0v) is 13.2. The van der Waals surface area contributed by atoms with Crippen molar-refractivity contribution in [2.75, 3.05) is 0 Å². The maximum absolute atomic E-state index is 3.72. The van der Waals surface area contributed by atoms with Crippen LogP contribution in [-0.4, -0.2) is 6.04 Å². The van der Waals surface area contributed by atoms with Crippen molar-refractivity contribution in [3.8, 4) is 0 Å². The zero-order chi connectivity index (χ0) is 13.9. The summed E-state index contributed by atoms with van der Waals surface area (Å²) in [6.45, 7) is 5.44. The van der Waals surface area contributed by atoms with E-state index in [0.717, 1.165) is 18.9 Å². The first-order chi connectivity index (χ1) is 9.76. The molecule has 0 amide bonds. The normalized spacial score (nSPS) is 21.7. The Morgan fingerprint density at radius 2 is 1.90 bits per heavy atom. The minimum absolute atomic E-state index is 0.702. The summed E-state index contributed by atoms with van der Waals surface area (Å²) in [5, 5.41) is 5.93. The van der Waals surface area contributed by atoms with E-state index in [1.54, 1.807) is 0 Å². The highest BCUT2D eigenvalue weighted by atomic mass is 32.1. The number of hydrogen-bond acceptors (Lipinski definition) is 2. The third-order valence-electron chi connectivity index (χ3n) is 4.46. The van der Waals surface area contributed by atoms with Gasteiger partial charge in [0.2, 0.25) is 0 Å². The van der Waals surface area contributed by atoms with Crippen LogP contribution in [0.1, 0.15) is 47.3 Å². The molecule has 1 aromatic heterocycles. The SMILES string of the molecule is CCc1ccsc1CNC1CC(c2ccc(C)cc2)C1. The van der Waals surface area contributed by atoms with Gasteiger partial charge < -0.3 is 5.32 Å². The minimum atomic E-state index is 0.702. The van der Waals surface area contributed by atoms with Gasteiger partial charge in [0.15, 0.2) is 0 Å². The van der Waals surface area contributed by atoms with E-state index >= 15 is 0 Å². The minimum Gasteiger partial charge on any atom is -0.309 e. The fourth-order valence-electron chi connectivity index (χ4n) is 2.97. The number of aryl methyl sites for hydroxylation is 2. The largest absolute Gasteiger partial charge is 0.309 e. The number of thiophene rings is 1. The van der Waals surface area contributed by atoms with Crippen LogP contribution in [0.4, 0.5) is 0 Å². The summed E-state index contributed by atoms with van der Waals surface area (Å²) in [5.74, 6) is 0.766. The lowest BCUT2D eigenvalue weighted by molar-refractivity contribution is 0.290. The first kappa shape index (κ1) is 13.8. The number of rotatable bonds is 5. The number of benzene rings is 1. The lowest BCUT2D eigenvalue weighted by atomic mass is 9.76. The van der Waals surface area contributed by atoms with Crippen LogP contribution in [0.3, 0.4) is 0 Å². The molecule has 1 N–H and O–H groups in total. The molecule has 0 saturated heterocycles. The first-order valence-electron chi connectivity index (χ1n) is 7.61. The van der Waals surface area contributed by atoms with Crippen molar-refractivity contribution in [2.45, 2.75) is 51.6 Å². The van der Waals surface area contributed by atoms with E-state index in [1.165, 1.54) is 34.4 Å². The van der Waals surface area contributed by atoms with Crippen molar-refractivity contribution >= 4 is 11.3 Å². The monoisotopic (exact) mass is 285 g/mol. The molecule has 0 spiro atoms. The predicted molar refractivity (Wildman–Crippen MR) is 87.5 cm³/mol. The maximum atomic E-state index is 3.72. The van der Waals surface area contributed by atoms with Gasteiger partial charge in [0.05, 0.1) is 0 Å². The number of hydrogen-bond donors (Lipinski definition) is 1. The fraction of sp³-hybridized carbons (Fsp3) is 0.444. The van der Waals surface area contributed by atoms with E-state index in [9.17, 15) is 0 Å². The Labute approximate surface area is 126 Å². The molecule has 0 unspecified atom stereocenters. The van der Waals surface area contributed by atoms with Gasteiger partial charge in [-0.3, -0.25) is 0 Å². The molecule has 0 aliphatic heterocycles. The molecule has 20 heavy (non-hydrogen) atoms. The van der Waals surface area contributed by atoms with Gasteiger partial charge in [-0.25, -0.2) is 0 Å². The molecule has 2 aromatic rings. The van der Waals surface area contributed by atoms with Crippen LogP contribution in [0, 0.1) is 6.92 Å². The Bertz CT molecular complexity index is 549. The van der Waals surface area contributed by atoms with E-state index in [2.05, 4.69) is 54.9 Å². The van der Waals surface area contributed by atoms with Crippen LogP contribution < -0.4 is 5.32 Å². The molecule has 1 aromatic carbocycles. The molecule has 0 bridgehead atoms. The molecule has 3 rings (SSSR count). The molecule has 0 radical (unpaired) electrons. The van der Waals surface area contributed by atoms with Gasteiger partial charge in [-0.2, -0.15) is 0 Å². The standard InChI is InChI=1S/C18H23NS/c1-3-14-8-9-20-18(14)12-19-17-10-16(11-17)15-6-4-13(2)5-7-15/h4-9,16-17,19H,3,10-12H2,1-2H3. The van der Waals surface area contributed by atoms with Crippen molar-refractivity contribution in [1.82, 2.24) is 5.32 Å². The Kier molecular flexibility index (Phi) is 4.23. The van der Waals surface area contributed by atoms with E-state index in [0.29, 0.717) is 6.04 Å². The molecular weight excluding hydrogens is 262 g/mol. The number of nitrogens with one attached hydrogen (secondary N) is 1.